The van der Waals surface area contributed by atoms with E-state index in [-0.39, 0.29) is 11.8 Å². The van der Waals surface area contributed by atoms with Gasteiger partial charge in [0.1, 0.15) is 6.04 Å². The third-order valence-corrected chi connectivity index (χ3v) is 3.84. The summed E-state index contributed by atoms with van der Waals surface area (Å²) in [7, 11) is 0. The molecule has 5 heteroatoms. The Labute approximate surface area is 141 Å². The maximum atomic E-state index is 12.6. The van der Waals surface area contributed by atoms with E-state index in [4.69, 9.17) is 0 Å². The van der Waals surface area contributed by atoms with Gasteiger partial charge in [-0.3, -0.25) is 9.59 Å². The Morgan fingerprint density at radius 3 is 2.17 bits per heavy atom. The first-order chi connectivity index (χ1) is 11.6. The number of hydrogen-bond acceptors (Lipinski definition) is 3. The van der Waals surface area contributed by atoms with Gasteiger partial charge in [0.05, 0.1) is 0 Å². The van der Waals surface area contributed by atoms with Crippen LogP contribution < -0.4 is 16.0 Å². The highest BCUT2D eigenvalue weighted by Gasteiger charge is 2.28. The fraction of sp³-hybridized carbons (Fsp3) is 0.263. The lowest BCUT2D eigenvalue weighted by molar-refractivity contribution is -0.122. The van der Waals surface area contributed by atoms with E-state index in [0.29, 0.717) is 6.04 Å². The number of anilines is 2. The van der Waals surface area contributed by atoms with Crippen molar-refractivity contribution < 1.29 is 9.59 Å². The molecule has 2 aromatic carbocycles. The predicted molar refractivity (Wildman–Crippen MR) is 94.7 cm³/mol. The number of rotatable bonds is 6. The van der Waals surface area contributed by atoms with Crippen molar-refractivity contribution in [1.82, 2.24) is 5.32 Å². The van der Waals surface area contributed by atoms with E-state index in [2.05, 4.69) is 16.0 Å². The minimum atomic E-state index is -0.446. The maximum Gasteiger partial charge on any atom is 0.247 e. The highest BCUT2D eigenvalue weighted by Crippen LogP contribution is 2.24. The van der Waals surface area contributed by atoms with Crippen molar-refractivity contribution in [3.05, 3.63) is 60.2 Å². The van der Waals surface area contributed by atoms with Crippen molar-refractivity contribution in [3.63, 3.8) is 0 Å². The molecule has 1 aliphatic rings. The van der Waals surface area contributed by atoms with Crippen LogP contribution in [0.2, 0.25) is 0 Å². The van der Waals surface area contributed by atoms with Gasteiger partial charge in [0.2, 0.25) is 11.8 Å². The third-order valence-electron chi connectivity index (χ3n) is 3.84. The molecule has 124 valence electrons. The molecule has 0 aromatic heterocycles. The molecule has 0 spiro atoms. The second-order valence-corrected chi connectivity index (χ2v) is 6.03. The van der Waals surface area contributed by atoms with Gasteiger partial charge in [0.15, 0.2) is 0 Å². The Kier molecular flexibility index (Phi) is 4.79. The largest absolute Gasteiger partial charge is 0.370 e. The molecular weight excluding hydrogens is 302 g/mol. The molecule has 0 saturated heterocycles. The molecule has 5 nitrogen and oxygen atoms in total. The van der Waals surface area contributed by atoms with Gasteiger partial charge >= 0.3 is 0 Å². The lowest BCUT2D eigenvalue weighted by Gasteiger charge is -2.20. The van der Waals surface area contributed by atoms with Crippen LogP contribution in [-0.4, -0.2) is 17.9 Å². The van der Waals surface area contributed by atoms with E-state index in [1.807, 2.05) is 54.6 Å². The van der Waals surface area contributed by atoms with Crippen LogP contribution in [-0.2, 0) is 9.59 Å². The lowest BCUT2D eigenvalue weighted by Crippen LogP contribution is -2.34. The van der Waals surface area contributed by atoms with Crippen molar-refractivity contribution in [2.75, 3.05) is 10.6 Å². The monoisotopic (exact) mass is 323 g/mol. The Bertz CT molecular complexity index is 709. The van der Waals surface area contributed by atoms with Gasteiger partial charge in [-0.25, -0.2) is 0 Å². The fourth-order valence-electron chi connectivity index (χ4n) is 2.48. The zero-order valence-electron chi connectivity index (χ0n) is 13.6. The lowest BCUT2D eigenvalue weighted by atomic mass is 10.1. The molecule has 24 heavy (non-hydrogen) atoms. The summed E-state index contributed by atoms with van der Waals surface area (Å²) in [5, 5.41) is 9.06. The minimum absolute atomic E-state index is 0.0189. The molecule has 1 aliphatic carbocycles. The van der Waals surface area contributed by atoms with Crippen LogP contribution in [0.3, 0.4) is 0 Å². The third kappa shape index (κ3) is 4.35. The first-order valence-electron chi connectivity index (χ1n) is 8.11. The molecule has 0 aliphatic heterocycles. The molecule has 3 rings (SSSR count). The second-order valence-electron chi connectivity index (χ2n) is 6.03. The zero-order chi connectivity index (χ0) is 16.9. The smallest absolute Gasteiger partial charge is 0.247 e. The standard InChI is InChI=1S/C19H21N3O2/c1-13(23)20-15-7-9-16(10-8-15)21-18(14-5-3-2-4-6-14)19(24)22-17-11-12-17/h2-10,17-18,21H,11-12H2,1H3,(H,20,23)(H,22,24). The van der Waals surface area contributed by atoms with Crippen molar-refractivity contribution in [2.45, 2.75) is 31.8 Å². The molecule has 1 saturated carbocycles. The molecule has 3 N–H and O–H groups in total. The highest BCUT2D eigenvalue weighted by molar-refractivity contribution is 5.89. The number of carbonyl (C=O) groups is 2. The van der Waals surface area contributed by atoms with E-state index in [1.165, 1.54) is 6.92 Å². The fourth-order valence-corrected chi connectivity index (χ4v) is 2.48. The predicted octanol–water partition coefficient (Wildman–Crippen LogP) is 3.08. The van der Waals surface area contributed by atoms with E-state index in [1.54, 1.807) is 0 Å². The average Bonchev–Trinajstić information content (AvgIpc) is 3.38. The Hall–Kier alpha value is -2.82. The van der Waals surface area contributed by atoms with Gasteiger partial charge in [-0.05, 0) is 42.7 Å². The van der Waals surface area contributed by atoms with Crippen molar-refractivity contribution >= 4 is 23.2 Å². The molecule has 0 radical (unpaired) electrons. The van der Waals surface area contributed by atoms with Crippen LogP contribution in [0.15, 0.2) is 54.6 Å². The molecule has 1 unspecified atom stereocenters. The van der Waals surface area contributed by atoms with Crippen LogP contribution in [0, 0.1) is 0 Å². The SMILES string of the molecule is CC(=O)Nc1ccc(NC(C(=O)NC2CC2)c2ccccc2)cc1. The number of carbonyl (C=O) groups excluding carboxylic acids is 2. The summed E-state index contributed by atoms with van der Waals surface area (Å²) < 4.78 is 0. The van der Waals surface area contributed by atoms with Crippen molar-refractivity contribution in [2.24, 2.45) is 0 Å². The summed E-state index contributed by atoms with van der Waals surface area (Å²) in [5.74, 6) is -0.128. The average molecular weight is 323 g/mol. The summed E-state index contributed by atoms with van der Waals surface area (Å²) in [6.07, 6.45) is 2.11. The van der Waals surface area contributed by atoms with Crippen LogP contribution in [0.25, 0.3) is 0 Å². The topological polar surface area (TPSA) is 70.2 Å². The minimum Gasteiger partial charge on any atom is -0.370 e. The summed E-state index contributed by atoms with van der Waals surface area (Å²) in [6, 6.07) is 16.9. The Balaban J connectivity index is 1.75. The molecule has 0 heterocycles. The Morgan fingerprint density at radius 2 is 1.58 bits per heavy atom. The van der Waals surface area contributed by atoms with E-state index < -0.39 is 6.04 Å². The molecule has 2 amide bonds. The van der Waals surface area contributed by atoms with Crippen LogP contribution in [0.1, 0.15) is 31.4 Å². The van der Waals surface area contributed by atoms with Gasteiger partial charge in [0.25, 0.3) is 0 Å². The quantitative estimate of drug-likeness (QED) is 0.765. The number of nitrogens with one attached hydrogen (secondary N) is 3. The number of amides is 2. The summed E-state index contributed by atoms with van der Waals surface area (Å²) in [5.41, 5.74) is 2.47. The van der Waals surface area contributed by atoms with E-state index in [9.17, 15) is 9.59 Å². The first-order valence-corrected chi connectivity index (χ1v) is 8.11. The Morgan fingerprint density at radius 1 is 0.958 bits per heavy atom. The summed E-state index contributed by atoms with van der Waals surface area (Å²) in [4.78, 5) is 23.7. The van der Waals surface area contributed by atoms with Crippen LogP contribution in [0.5, 0.6) is 0 Å². The van der Waals surface area contributed by atoms with Gasteiger partial charge in [-0.2, -0.15) is 0 Å². The van der Waals surface area contributed by atoms with E-state index in [0.717, 1.165) is 29.8 Å². The maximum absolute atomic E-state index is 12.6. The molecule has 1 atom stereocenters. The normalized spacial score (nSPS) is 14.5. The summed E-state index contributed by atoms with van der Waals surface area (Å²) >= 11 is 0. The van der Waals surface area contributed by atoms with Gasteiger partial charge in [-0.15, -0.1) is 0 Å². The van der Waals surface area contributed by atoms with Crippen LogP contribution >= 0.6 is 0 Å². The number of hydrogen-bond donors (Lipinski definition) is 3. The summed E-state index contributed by atoms with van der Waals surface area (Å²) in [6.45, 7) is 1.47. The van der Waals surface area contributed by atoms with Crippen molar-refractivity contribution in [3.8, 4) is 0 Å². The van der Waals surface area contributed by atoms with Crippen molar-refractivity contribution in [1.29, 1.82) is 0 Å². The zero-order valence-corrected chi connectivity index (χ0v) is 13.6. The van der Waals surface area contributed by atoms with E-state index >= 15 is 0 Å². The van der Waals surface area contributed by atoms with Gasteiger partial charge < -0.3 is 16.0 Å². The number of benzene rings is 2. The second kappa shape index (κ2) is 7.17. The highest BCUT2D eigenvalue weighted by atomic mass is 16.2. The molecule has 1 fully saturated rings. The molecule has 0 bridgehead atoms. The van der Waals surface area contributed by atoms with Gasteiger partial charge in [0, 0.05) is 24.3 Å². The molecule has 2 aromatic rings. The first kappa shape index (κ1) is 16.1. The van der Waals surface area contributed by atoms with Crippen LogP contribution in [0.4, 0.5) is 11.4 Å². The van der Waals surface area contributed by atoms with Gasteiger partial charge in [-0.1, -0.05) is 30.3 Å². The molecular formula is C19H21N3O2.